The number of halogens is 2. The highest BCUT2D eigenvalue weighted by atomic mass is 35.5. The topological polar surface area (TPSA) is 21.3 Å². The fraction of sp³-hybridized carbons (Fsp3) is 0.250. The summed E-state index contributed by atoms with van der Waals surface area (Å²) in [6, 6.07) is 13.0. The maximum atomic E-state index is 6.26. The van der Waals surface area contributed by atoms with Gasteiger partial charge in [0.1, 0.15) is 11.5 Å². The highest BCUT2D eigenvalue weighted by molar-refractivity contribution is 6.32. The van der Waals surface area contributed by atoms with Gasteiger partial charge in [-0.3, -0.25) is 0 Å². The van der Waals surface area contributed by atoms with Crippen LogP contribution >= 0.6 is 23.2 Å². The summed E-state index contributed by atoms with van der Waals surface area (Å²) in [6.07, 6.45) is 1.07. The largest absolute Gasteiger partial charge is 0.455 e. The first-order valence-corrected chi connectivity index (χ1v) is 7.38. The Bertz CT molecular complexity index is 572. The van der Waals surface area contributed by atoms with E-state index in [1.165, 1.54) is 0 Å². The fourth-order valence-electron chi connectivity index (χ4n) is 1.84. The van der Waals surface area contributed by atoms with Gasteiger partial charge in [-0.05, 0) is 37.2 Å². The van der Waals surface area contributed by atoms with Gasteiger partial charge >= 0.3 is 0 Å². The van der Waals surface area contributed by atoms with Gasteiger partial charge in [-0.15, -0.1) is 0 Å². The van der Waals surface area contributed by atoms with Crippen LogP contribution in [-0.2, 0) is 6.54 Å². The molecule has 2 rings (SSSR count). The molecular formula is C16H17Cl2NO. The Morgan fingerprint density at radius 1 is 0.950 bits per heavy atom. The maximum Gasteiger partial charge on any atom is 0.146 e. The van der Waals surface area contributed by atoms with Crippen molar-refractivity contribution in [2.24, 2.45) is 0 Å². The lowest BCUT2D eigenvalue weighted by Gasteiger charge is -2.14. The molecule has 1 N–H and O–H groups in total. The lowest BCUT2D eigenvalue weighted by Crippen LogP contribution is -2.14. The van der Waals surface area contributed by atoms with Crippen molar-refractivity contribution in [1.82, 2.24) is 5.32 Å². The fourth-order valence-corrected chi connectivity index (χ4v) is 2.25. The molecule has 0 aliphatic carbocycles. The molecule has 0 amide bonds. The molecule has 0 fully saturated rings. The summed E-state index contributed by atoms with van der Waals surface area (Å²) < 4.78 is 5.90. The summed E-state index contributed by atoms with van der Waals surface area (Å²) in [7, 11) is 0. The monoisotopic (exact) mass is 309 g/mol. The molecule has 2 aromatic carbocycles. The predicted octanol–water partition coefficient (Wildman–Crippen LogP) is 5.29. The molecule has 0 radical (unpaired) electrons. The van der Waals surface area contributed by atoms with Crippen LogP contribution in [0.25, 0.3) is 0 Å². The van der Waals surface area contributed by atoms with E-state index in [2.05, 4.69) is 12.2 Å². The summed E-state index contributed by atoms with van der Waals surface area (Å²) in [5.74, 6) is 1.36. The van der Waals surface area contributed by atoms with Crippen LogP contribution in [0.1, 0.15) is 18.9 Å². The zero-order valence-corrected chi connectivity index (χ0v) is 12.8. The summed E-state index contributed by atoms with van der Waals surface area (Å²) >= 11 is 12.4. The lowest BCUT2D eigenvalue weighted by atomic mass is 10.2. The molecule has 0 bridgehead atoms. The molecule has 0 unspecified atom stereocenters. The van der Waals surface area contributed by atoms with E-state index in [-0.39, 0.29) is 0 Å². The Labute approximate surface area is 129 Å². The van der Waals surface area contributed by atoms with Crippen LogP contribution in [0.2, 0.25) is 10.0 Å². The van der Waals surface area contributed by atoms with Crippen LogP contribution in [-0.4, -0.2) is 6.54 Å². The number of hydrogen-bond donors (Lipinski definition) is 1. The number of para-hydroxylation sites is 1. The number of hydrogen-bond acceptors (Lipinski definition) is 2. The van der Waals surface area contributed by atoms with Gasteiger partial charge in [-0.25, -0.2) is 0 Å². The van der Waals surface area contributed by atoms with Gasteiger partial charge in [-0.2, -0.15) is 0 Å². The van der Waals surface area contributed by atoms with Gasteiger partial charge in [-0.1, -0.05) is 48.3 Å². The minimum Gasteiger partial charge on any atom is -0.455 e. The second-order valence-electron chi connectivity index (χ2n) is 4.43. The average Bonchev–Trinajstić information content (AvgIpc) is 2.44. The van der Waals surface area contributed by atoms with Crippen molar-refractivity contribution in [2.45, 2.75) is 19.9 Å². The van der Waals surface area contributed by atoms with Crippen molar-refractivity contribution in [3.05, 3.63) is 58.1 Å². The molecule has 2 nitrogen and oxygen atoms in total. The Hall–Kier alpha value is -1.22. The second kappa shape index (κ2) is 7.53. The third-order valence-corrected chi connectivity index (χ3v) is 3.53. The third kappa shape index (κ3) is 3.89. The van der Waals surface area contributed by atoms with Crippen LogP contribution in [0.15, 0.2) is 42.5 Å². The van der Waals surface area contributed by atoms with E-state index < -0.39 is 0 Å². The van der Waals surface area contributed by atoms with Crippen molar-refractivity contribution in [3.63, 3.8) is 0 Å². The standard InChI is InChI=1S/C16H17Cl2NO/c1-2-10-19-11-12-13(17)7-5-9-15(12)20-16-8-4-3-6-14(16)18/h3-9,19H,2,10-11H2,1H3. The third-order valence-electron chi connectivity index (χ3n) is 2.86. The van der Waals surface area contributed by atoms with E-state index in [4.69, 9.17) is 27.9 Å². The molecule has 4 heteroatoms. The molecule has 0 saturated heterocycles. The van der Waals surface area contributed by atoms with Gasteiger partial charge in [0.2, 0.25) is 0 Å². The van der Waals surface area contributed by atoms with Crippen molar-refractivity contribution in [3.8, 4) is 11.5 Å². The predicted molar refractivity (Wildman–Crippen MR) is 85.0 cm³/mol. The Balaban J connectivity index is 2.23. The Morgan fingerprint density at radius 2 is 1.65 bits per heavy atom. The molecular weight excluding hydrogens is 293 g/mol. The summed E-state index contributed by atoms with van der Waals surface area (Å²) in [6.45, 7) is 3.74. The van der Waals surface area contributed by atoms with Crippen LogP contribution in [0.4, 0.5) is 0 Å². The molecule has 0 aromatic heterocycles. The molecule has 20 heavy (non-hydrogen) atoms. The minimum atomic E-state index is 0.583. The van der Waals surface area contributed by atoms with E-state index in [9.17, 15) is 0 Å². The highest BCUT2D eigenvalue weighted by Crippen LogP contribution is 2.33. The summed E-state index contributed by atoms with van der Waals surface area (Å²) in [4.78, 5) is 0. The average molecular weight is 310 g/mol. The number of benzene rings is 2. The van der Waals surface area contributed by atoms with Crippen molar-refractivity contribution in [1.29, 1.82) is 0 Å². The smallest absolute Gasteiger partial charge is 0.146 e. The van der Waals surface area contributed by atoms with E-state index in [1.54, 1.807) is 6.07 Å². The molecule has 106 valence electrons. The Morgan fingerprint density at radius 3 is 2.40 bits per heavy atom. The van der Waals surface area contributed by atoms with Crippen molar-refractivity contribution in [2.75, 3.05) is 6.54 Å². The number of rotatable bonds is 6. The second-order valence-corrected chi connectivity index (χ2v) is 5.24. The molecule has 0 saturated carbocycles. The molecule has 0 aliphatic rings. The highest BCUT2D eigenvalue weighted by Gasteiger charge is 2.10. The van der Waals surface area contributed by atoms with Gasteiger partial charge in [0.15, 0.2) is 0 Å². The maximum absolute atomic E-state index is 6.26. The molecule has 0 atom stereocenters. The molecule has 0 heterocycles. The van der Waals surface area contributed by atoms with Gasteiger partial charge in [0, 0.05) is 17.1 Å². The van der Waals surface area contributed by atoms with Crippen molar-refractivity contribution < 1.29 is 4.74 Å². The molecule has 2 aromatic rings. The van der Waals surface area contributed by atoms with Crippen LogP contribution in [0.5, 0.6) is 11.5 Å². The van der Waals surface area contributed by atoms with Gasteiger partial charge in [0.05, 0.1) is 5.02 Å². The minimum absolute atomic E-state index is 0.583. The number of nitrogens with one attached hydrogen (secondary N) is 1. The molecule has 0 aliphatic heterocycles. The normalized spacial score (nSPS) is 10.6. The van der Waals surface area contributed by atoms with Gasteiger partial charge < -0.3 is 10.1 Å². The van der Waals surface area contributed by atoms with E-state index in [0.29, 0.717) is 22.3 Å². The first-order chi connectivity index (χ1) is 9.72. The summed E-state index contributed by atoms with van der Waals surface area (Å²) in [5, 5.41) is 4.61. The van der Waals surface area contributed by atoms with E-state index >= 15 is 0 Å². The van der Waals surface area contributed by atoms with Crippen LogP contribution in [0.3, 0.4) is 0 Å². The van der Waals surface area contributed by atoms with Crippen LogP contribution < -0.4 is 10.1 Å². The van der Waals surface area contributed by atoms with Crippen LogP contribution in [0, 0.1) is 0 Å². The molecule has 0 spiro atoms. The SMILES string of the molecule is CCCNCc1c(Cl)cccc1Oc1ccccc1Cl. The number of ether oxygens (including phenoxy) is 1. The first-order valence-electron chi connectivity index (χ1n) is 6.63. The first kappa shape index (κ1) is 15.2. The Kier molecular flexibility index (Phi) is 5.72. The van der Waals surface area contributed by atoms with E-state index in [0.717, 1.165) is 24.3 Å². The lowest BCUT2D eigenvalue weighted by molar-refractivity contribution is 0.473. The summed E-state index contributed by atoms with van der Waals surface area (Å²) in [5.41, 5.74) is 0.947. The van der Waals surface area contributed by atoms with Crippen molar-refractivity contribution >= 4 is 23.2 Å². The van der Waals surface area contributed by atoms with Gasteiger partial charge in [0.25, 0.3) is 0 Å². The van der Waals surface area contributed by atoms with E-state index in [1.807, 2.05) is 36.4 Å². The quantitative estimate of drug-likeness (QED) is 0.732. The zero-order valence-electron chi connectivity index (χ0n) is 11.3. The zero-order chi connectivity index (χ0) is 14.4.